The quantitative estimate of drug-likeness (QED) is 0.798. The fraction of sp³-hybridized carbons (Fsp3) is 0.529. The van der Waals surface area contributed by atoms with Crippen molar-refractivity contribution in [3.05, 3.63) is 35.1 Å². The zero-order chi connectivity index (χ0) is 19.1. The molecule has 0 saturated carbocycles. The number of piperidine rings is 1. The van der Waals surface area contributed by atoms with Gasteiger partial charge in [-0.3, -0.25) is 14.5 Å². The van der Waals surface area contributed by atoms with E-state index in [1.807, 2.05) is 4.90 Å². The molecule has 0 radical (unpaired) electrons. The number of nitrogens with zero attached hydrogens (tertiary/aromatic N) is 1. The van der Waals surface area contributed by atoms with Crippen LogP contribution < -0.4 is 5.32 Å². The molecule has 142 valence electrons. The molecule has 2 fully saturated rings. The zero-order valence-electron chi connectivity index (χ0n) is 13.8. The summed E-state index contributed by atoms with van der Waals surface area (Å²) in [7, 11) is 0. The van der Waals surface area contributed by atoms with E-state index in [1.54, 1.807) is 0 Å². The number of likely N-dealkylation sites (tertiary alicyclic amines) is 1. The highest BCUT2D eigenvalue weighted by molar-refractivity contribution is 5.88. The molecule has 2 heterocycles. The van der Waals surface area contributed by atoms with Crippen molar-refractivity contribution in [1.29, 1.82) is 0 Å². The second kappa shape index (κ2) is 6.53. The molecule has 1 atom stereocenters. The minimum atomic E-state index is -4.76. The smallest absolute Gasteiger partial charge is 0.419 e. The van der Waals surface area contributed by atoms with Gasteiger partial charge in [0.15, 0.2) is 0 Å². The number of hydrogen-bond acceptors (Lipinski definition) is 3. The van der Waals surface area contributed by atoms with Crippen LogP contribution in [0.25, 0.3) is 0 Å². The molecular weight excluding hydrogens is 356 g/mol. The number of hydrogen-bond donors (Lipinski definition) is 2. The van der Waals surface area contributed by atoms with Crippen molar-refractivity contribution in [3.63, 3.8) is 0 Å². The number of carbonyl (C=O) groups is 2. The molecule has 0 aromatic heterocycles. The average molecular weight is 374 g/mol. The van der Waals surface area contributed by atoms with Gasteiger partial charge < -0.3 is 10.4 Å². The summed E-state index contributed by atoms with van der Waals surface area (Å²) in [6.07, 6.45) is -4.00. The Bertz CT molecular complexity index is 727. The first kappa shape index (κ1) is 18.6. The van der Waals surface area contributed by atoms with Crippen LogP contribution in [-0.4, -0.2) is 40.5 Å². The van der Waals surface area contributed by atoms with Crippen molar-refractivity contribution in [2.24, 2.45) is 5.92 Å². The fourth-order valence-electron chi connectivity index (χ4n) is 3.85. The maximum absolute atomic E-state index is 13.4. The number of carboxylic acid groups (broad SMARTS) is 1. The average Bonchev–Trinajstić information content (AvgIpc) is 2.87. The minimum Gasteiger partial charge on any atom is -0.481 e. The summed E-state index contributed by atoms with van der Waals surface area (Å²) in [5.41, 5.74) is -1.75. The van der Waals surface area contributed by atoms with Gasteiger partial charge in [-0.15, -0.1) is 0 Å². The minimum absolute atomic E-state index is 0.0533. The molecule has 1 spiro atoms. The summed E-state index contributed by atoms with van der Waals surface area (Å²) >= 11 is 0. The molecule has 2 saturated heterocycles. The van der Waals surface area contributed by atoms with Gasteiger partial charge in [0.05, 0.1) is 17.0 Å². The lowest BCUT2D eigenvalue weighted by atomic mass is 9.77. The maximum Gasteiger partial charge on any atom is 0.419 e. The van der Waals surface area contributed by atoms with Crippen molar-refractivity contribution >= 4 is 11.9 Å². The Morgan fingerprint density at radius 3 is 2.54 bits per heavy atom. The van der Waals surface area contributed by atoms with Crippen LogP contribution in [0.5, 0.6) is 0 Å². The van der Waals surface area contributed by atoms with Crippen molar-refractivity contribution in [1.82, 2.24) is 10.2 Å². The van der Waals surface area contributed by atoms with Crippen molar-refractivity contribution < 1.29 is 32.3 Å². The largest absolute Gasteiger partial charge is 0.481 e. The van der Waals surface area contributed by atoms with Crippen molar-refractivity contribution in [2.45, 2.75) is 37.5 Å². The fourth-order valence-corrected chi connectivity index (χ4v) is 3.85. The molecule has 1 unspecified atom stereocenters. The normalized spacial score (nSPS) is 23.2. The van der Waals surface area contributed by atoms with Gasteiger partial charge in [-0.2, -0.15) is 13.2 Å². The Morgan fingerprint density at radius 1 is 1.31 bits per heavy atom. The van der Waals surface area contributed by atoms with Crippen LogP contribution in [0.4, 0.5) is 17.6 Å². The van der Waals surface area contributed by atoms with Crippen LogP contribution in [0.1, 0.15) is 30.4 Å². The van der Waals surface area contributed by atoms with Gasteiger partial charge in [0, 0.05) is 26.1 Å². The van der Waals surface area contributed by atoms with E-state index >= 15 is 0 Å². The molecule has 3 rings (SSSR count). The number of carbonyl (C=O) groups excluding carboxylic acids is 1. The van der Waals surface area contributed by atoms with Gasteiger partial charge in [-0.25, -0.2) is 4.39 Å². The summed E-state index contributed by atoms with van der Waals surface area (Å²) in [6, 6.07) is 2.92. The summed E-state index contributed by atoms with van der Waals surface area (Å²) in [6.45, 7) is 1.07. The summed E-state index contributed by atoms with van der Waals surface area (Å²) in [5, 5.41) is 12.1. The van der Waals surface area contributed by atoms with E-state index in [9.17, 15) is 32.3 Å². The Kier molecular flexibility index (Phi) is 4.68. The molecule has 1 aromatic carbocycles. The lowest BCUT2D eigenvalue weighted by Crippen LogP contribution is -2.55. The summed E-state index contributed by atoms with van der Waals surface area (Å²) < 4.78 is 51.8. The van der Waals surface area contributed by atoms with E-state index < -0.39 is 35.0 Å². The molecular formula is C17H18F4N2O3. The first-order chi connectivity index (χ1) is 12.1. The molecule has 2 N–H and O–H groups in total. The lowest BCUT2D eigenvalue weighted by Gasteiger charge is -2.41. The first-order valence-electron chi connectivity index (χ1n) is 8.22. The standard InChI is InChI=1S/C17H18F4N2O3/c18-13-2-1-10(7-11(13)17(19,20)21)9-23-5-3-16(4-6-23)12(15(25)26)8-14(24)22-16/h1-2,7,12H,3-6,8-9H2,(H,22,24)(H,25,26). The summed E-state index contributed by atoms with van der Waals surface area (Å²) in [4.78, 5) is 24.9. The number of benzene rings is 1. The van der Waals surface area contributed by atoms with E-state index in [2.05, 4.69) is 5.32 Å². The highest BCUT2D eigenvalue weighted by atomic mass is 19.4. The Balaban J connectivity index is 1.68. The van der Waals surface area contributed by atoms with Crippen LogP contribution in [0, 0.1) is 11.7 Å². The predicted molar refractivity (Wildman–Crippen MR) is 82.5 cm³/mol. The highest BCUT2D eigenvalue weighted by Gasteiger charge is 2.51. The first-order valence-corrected chi connectivity index (χ1v) is 8.22. The zero-order valence-corrected chi connectivity index (χ0v) is 13.8. The number of nitrogens with one attached hydrogen (secondary N) is 1. The molecule has 5 nitrogen and oxygen atoms in total. The molecule has 0 aliphatic carbocycles. The SMILES string of the molecule is O=C1CC(C(=O)O)C2(CCN(Cc3ccc(F)c(C(F)(F)F)c3)CC2)N1. The summed E-state index contributed by atoms with van der Waals surface area (Å²) in [5.74, 6) is -3.42. The van der Waals surface area contributed by atoms with Gasteiger partial charge in [-0.1, -0.05) is 6.07 Å². The van der Waals surface area contributed by atoms with Crippen LogP contribution >= 0.6 is 0 Å². The van der Waals surface area contributed by atoms with Crippen LogP contribution in [0.15, 0.2) is 18.2 Å². The highest BCUT2D eigenvalue weighted by Crippen LogP contribution is 2.37. The van der Waals surface area contributed by atoms with Crippen LogP contribution in [0.2, 0.25) is 0 Å². The third kappa shape index (κ3) is 3.53. The number of aliphatic carboxylic acids is 1. The van der Waals surface area contributed by atoms with E-state index in [0.717, 1.165) is 12.1 Å². The molecule has 26 heavy (non-hydrogen) atoms. The predicted octanol–water partition coefficient (Wildman–Crippen LogP) is 2.40. The van der Waals surface area contributed by atoms with Crippen molar-refractivity contribution in [3.8, 4) is 0 Å². The third-order valence-corrected chi connectivity index (χ3v) is 5.23. The van der Waals surface area contributed by atoms with Gasteiger partial charge in [0.2, 0.25) is 5.91 Å². The van der Waals surface area contributed by atoms with Gasteiger partial charge in [-0.05, 0) is 30.5 Å². The Hall–Kier alpha value is -2.16. The van der Waals surface area contributed by atoms with Crippen LogP contribution in [0.3, 0.4) is 0 Å². The number of carboxylic acids is 1. The molecule has 2 aliphatic heterocycles. The second-order valence-electron chi connectivity index (χ2n) is 6.89. The Morgan fingerprint density at radius 2 is 1.96 bits per heavy atom. The topological polar surface area (TPSA) is 69.6 Å². The van der Waals surface area contributed by atoms with Gasteiger partial charge in [0.25, 0.3) is 0 Å². The number of rotatable bonds is 3. The monoisotopic (exact) mass is 374 g/mol. The molecule has 1 aromatic rings. The number of alkyl halides is 3. The molecule has 2 aliphatic rings. The van der Waals surface area contributed by atoms with Gasteiger partial charge >= 0.3 is 12.1 Å². The molecule has 9 heteroatoms. The number of halogens is 4. The maximum atomic E-state index is 13.4. The third-order valence-electron chi connectivity index (χ3n) is 5.23. The van der Waals surface area contributed by atoms with Gasteiger partial charge in [0.1, 0.15) is 5.82 Å². The lowest BCUT2D eigenvalue weighted by molar-refractivity contribution is -0.144. The van der Waals surface area contributed by atoms with E-state index in [-0.39, 0.29) is 18.9 Å². The second-order valence-corrected chi connectivity index (χ2v) is 6.89. The van der Waals surface area contributed by atoms with E-state index in [0.29, 0.717) is 31.5 Å². The van der Waals surface area contributed by atoms with Crippen LogP contribution in [-0.2, 0) is 22.3 Å². The van der Waals surface area contributed by atoms with E-state index in [1.165, 1.54) is 6.07 Å². The molecule has 1 amide bonds. The molecule has 0 bridgehead atoms. The Labute approximate surface area is 147 Å². The number of amides is 1. The van der Waals surface area contributed by atoms with E-state index in [4.69, 9.17) is 0 Å². The van der Waals surface area contributed by atoms with Crippen molar-refractivity contribution in [2.75, 3.05) is 13.1 Å².